The molecule has 0 aliphatic carbocycles. The summed E-state index contributed by atoms with van der Waals surface area (Å²) in [6, 6.07) is 11.3. The Hall–Kier alpha value is -3.68. The first-order chi connectivity index (χ1) is 16.7. The predicted molar refractivity (Wildman–Crippen MR) is 123 cm³/mol. The van der Waals surface area contributed by atoms with Crippen molar-refractivity contribution in [3.63, 3.8) is 0 Å². The van der Waals surface area contributed by atoms with Crippen molar-refractivity contribution in [2.45, 2.75) is 31.5 Å². The molecule has 2 fully saturated rings. The summed E-state index contributed by atoms with van der Waals surface area (Å²) < 4.78 is 17.2. The summed E-state index contributed by atoms with van der Waals surface area (Å²) in [6.07, 6.45) is 4.11. The first-order valence-corrected chi connectivity index (χ1v) is 11.5. The average Bonchev–Trinajstić information content (AvgIpc) is 3.50. The highest BCUT2D eigenvalue weighted by Gasteiger charge is 2.40. The standard InChI is InChI=1S/C24H26N6O4/c25-16-17(22-28-19-4-1-2-5-20(19)34-22)18-7-11-27-23(29-18)26-10-3-6-21(31)30-12-8-24(9-13-30)32-14-15-33-24/h1-2,4-5,7,11,28H,3,6,8-10,12-15H2,(H,26,27,29). The molecule has 1 aromatic heterocycles. The molecule has 3 aliphatic heterocycles. The highest BCUT2D eigenvalue weighted by atomic mass is 16.7. The number of fused-ring (bicyclic) bond motifs is 1. The van der Waals surface area contributed by atoms with Crippen molar-refractivity contribution in [3.8, 4) is 11.8 Å². The number of benzene rings is 1. The van der Waals surface area contributed by atoms with Gasteiger partial charge in [0.1, 0.15) is 11.6 Å². The van der Waals surface area contributed by atoms with Gasteiger partial charge < -0.3 is 29.7 Å². The van der Waals surface area contributed by atoms with Gasteiger partial charge in [0.2, 0.25) is 17.7 Å². The van der Waals surface area contributed by atoms with Crippen LogP contribution in [0.1, 0.15) is 31.4 Å². The number of nitriles is 1. The summed E-state index contributed by atoms with van der Waals surface area (Å²) in [5, 5.41) is 16.0. The first-order valence-electron chi connectivity index (χ1n) is 11.5. The van der Waals surface area contributed by atoms with Crippen LogP contribution >= 0.6 is 0 Å². The minimum absolute atomic E-state index is 0.129. The molecule has 10 nitrogen and oxygen atoms in total. The number of nitrogens with zero attached hydrogens (tertiary/aromatic N) is 4. The molecule has 4 heterocycles. The van der Waals surface area contributed by atoms with Crippen molar-refractivity contribution in [1.29, 1.82) is 5.26 Å². The van der Waals surface area contributed by atoms with Crippen LogP contribution in [0.4, 0.5) is 11.6 Å². The molecule has 0 atom stereocenters. The number of aromatic nitrogens is 2. The average molecular weight is 463 g/mol. The van der Waals surface area contributed by atoms with Crippen LogP contribution in [0.5, 0.6) is 5.75 Å². The number of anilines is 2. The second kappa shape index (κ2) is 9.67. The van der Waals surface area contributed by atoms with E-state index in [9.17, 15) is 10.1 Å². The second-order valence-electron chi connectivity index (χ2n) is 8.32. The molecule has 2 N–H and O–H groups in total. The van der Waals surface area contributed by atoms with Crippen LogP contribution in [0.3, 0.4) is 0 Å². The van der Waals surface area contributed by atoms with Gasteiger partial charge in [-0.2, -0.15) is 5.26 Å². The van der Waals surface area contributed by atoms with E-state index in [1.54, 1.807) is 12.3 Å². The quantitative estimate of drug-likeness (QED) is 0.493. The summed E-state index contributed by atoms with van der Waals surface area (Å²) in [7, 11) is 0. The summed E-state index contributed by atoms with van der Waals surface area (Å²) >= 11 is 0. The fourth-order valence-electron chi connectivity index (χ4n) is 4.32. The topological polar surface area (TPSA) is 122 Å². The van der Waals surface area contributed by atoms with Gasteiger partial charge in [-0.05, 0) is 24.6 Å². The molecule has 0 radical (unpaired) electrons. The monoisotopic (exact) mass is 462 g/mol. The lowest BCUT2D eigenvalue weighted by Crippen LogP contribution is -2.47. The number of hydrogen-bond donors (Lipinski definition) is 2. The van der Waals surface area contributed by atoms with Crippen molar-refractivity contribution in [2.75, 3.05) is 43.5 Å². The fourth-order valence-corrected chi connectivity index (χ4v) is 4.32. The third-order valence-corrected chi connectivity index (χ3v) is 6.14. The van der Waals surface area contributed by atoms with Crippen LogP contribution in [0.25, 0.3) is 5.57 Å². The molecule has 176 valence electrons. The van der Waals surface area contributed by atoms with Gasteiger partial charge in [0.05, 0.1) is 24.6 Å². The van der Waals surface area contributed by atoms with E-state index in [1.807, 2.05) is 29.2 Å². The number of para-hydroxylation sites is 2. The third-order valence-electron chi connectivity index (χ3n) is 6.14. The third kappa shape index (κ3) is 4.66. The largest absolute Gasteiger partial charge is 0.437 e. The maximum atomic E-state index is 12.6. The molecular formula is C24H26N6O4. The number of likely N-dealkylation sites (tertiary alicyclic amines) is 1. The molecule has 0 bridgehead atoms. The molecule has 1 aromatic carbocycles. The van der Waals surface area contributed by atoms with Gasteiger partial charge in [-0.3, -0.25) is 4.79 Å². The molecular weight excluding hydrogens is 436 g/mol. The van der Waals surface area contributed by atoms with Crippen molar-refractivity contribution in [2.24, 2.45) is 0 Å². The Labute approximate surface area is 197 Å². The van der Waals surface area contributed by atoms with Crippen LogP contribution in [0, 0.1) is 11.3 Å². The van der Waals surface area contributed by atoms with Gasteiger partial charge in [0, 0.05) is 45.1 Å². The molecule has 0 saturated carbocycles. The summed E-state index contributed by atoms with van der Waals surface area (Å²) in [4.78, 5) is 23.1. The lowest BCUT2D eigenvalue weighted by atomic mass is 10.0. The molecule has 5 rings (SSSR count). The van der Waals surface area contributed by atoms with Crippen molar-refractivity contribution < 1.29 is 19.0 Å². The minimum atomic E-state index is -0.472. The zero-order chi connectivity index (χ0) is 23.4. The van der Waals surface area contributed by atoms with Gasteiger partial charge >= 0.3 is 0 Å². The van der Waals surface area contributed by atoms with E-state index in [0.717, 1.165) is 18.5 Å². The number of nitrogens with one attached hydrogen (secondary N) is 2. The highest BCUT2D eigenvalue weighted by molar-refractivity contribution is 5.81. The molecule has 2 aromatic rings. The number of rotatable bonds is 6. The fraction of sp³-hybridized carbons (Fsp3) is 0.417. The Bertz CT molecular complexity index is 1100. The maximum Gasteiger partial charge on any atom is 0.223 e. The van der Waals surface area contributed by atoms with E-state index >= 15 is 0 Å². The number of ether oxygens (including phenoxy) is 3. The number of amides is 1. The van der Waals surface area contributed by atoms with Crippen molar-refractivity contribution >= 4 is 23.1 Å². The number of allylic oxidation sites excluding steroid dienone is 1. The van der Waals surface area contributed by atoms with E-state index in [4.69, 9.17) is 14.2 Å². The lowest BCUT2D eigenvalue weighted by Gasteiger charge is -2.37. The van der Waals surface area contributed by atoms with Gasteiger partial charge in [0.25, 0.3) is 0 Å². The van der Waals surface area contributed by atoms with Crippen molar-refractivity contribution in [3.05, 3.63) is 48.1 Å². The molecule has 10 heteroatoms. The van der Waals surface area contributed by atoms with Crippen LogP contribution < -0.4 is 15.4 Å². The van der Waals surface area contributed by atoms with Crippen LogP contribution in [0.15, 0.2) is 42.4 Å². The summed E-state index contributed by atoms with van der Waals surface area (Å²) in [5.74, 6) is 1.05. The van der Waals surface area contributed by atoms with Crippen LogP contribution in [-0.4, -0.2) is 59.4 Å². The van der Waals surface area contributed by atoms with E-state index in [1.165, 1.54) is 0 Å². The molecule has 0 unspecified atom stereocenters. The Morgan fingerprint density at radius 3 is 2.76 bits per heavy atom. The van der Waals surface area contributed by atoms with E-state index in [2.05, 4.69) is 26.7 Å². The van der Waals surface area contributed by atoms with Crippen LogP contribution in [-0.2, 0) is 14.3 Å². The van der Waals surface area contributed by atoms with E-state index < -0.39 is 5.79 Å². The first kappa shape index (κ1) is 22.1. The number of carbonyl (C=O) groups excluding carboxylic acids is 1. The van der Waals surface area contributed by atoms with Gasteiger partial charge in [-0.1, -0.05) is 12.1 Å². The summed E-state index contributed by atoms with van der Waals surface area (Å²) in [5.41, 5.74) is 1.54. The number of hydrogen-bond acceptors (Lipinski definition) is 9. The van der Waals surface area contributed by atoms with Gasteiger partial charge in [-0.15, -0.1) is 0 Å². The second-order valence-corrected chi connectivity index (χ2v) is 8.32. The Kier molecular flexibility index (Phi) is 6.29. The number of carbonyl (C=O) groups is 1. The molecule has 34 heavy (non-hydrogen) atoms. The van der Waals surface area contributed by atoms with Crippen LogP contribution in [0.2, 0.25) is 0 Å². The highest BCUT2D eigenvalue weighted by Crippen LogP contribution is 2.35. The lowest BCUT2D eigenvalue weighted by molar-refractivity contribution is -0.187. The predicted octanol–water partition coefficient (Wildman–Crippen LogP) is 2.73. The normalized spacial score (nSPS) is 19.7. The Balaban J connectivity index is 1.12. The molecule has 1 amide bonds. The summed E-state index contributed by atoms with van der Waals surface area (Å²) in [6.45, 7) is 3.11. The molecule has 3 aliphatic rings. The SMILES string of the molecule is N#CC(=C1Nc2ccccc2O1)c1ccnc(NCCCC(=O)N2CCC3(CC2)OCCO3)n1. The maximum absolute atomic E-state index is 12.6. The number of piperidine rings is 1. The zero-order valence-corrected chi connectivity index (χ0v) is 18.7. The smallest absolute Gasteiger partial charge is 0.223 e. The van der Waals surface area contributed by atoms with Gasteiger partial charge in [-0.25, -0.2) is 9.97 Å². The minimum Gasteiger partial charge on any atom is -0.437 e. The van der Waals surface area contributed by atoms with Crippen molar-refractivity contribution in [1.82, 2.24) is 14.9 Å². The molecule has 1 spiro atoms. The van der Waals surface area contributed by atoms with E-state index in [0.29, 0.717) is 69.0 Å². The Morgan fingerprint density at radius 1 is 1.21 bits per heavy atom. The zero-order valence-electron chi connectivity index (χ0n) is 18.7. The van der Waals surface area contributed by atoms with E-state index in [-0.39, 0.29) is 11.5 Å². The molecule has 2 saturated heterocycles. The van der Waals surface area contributed by atoms with Gasteiger partial charge in [0.15, 0.2) is 11.5 Å². The Morgan fingerprint density at radius 2 is 2.00 bits per heavy atom.